The maximum Gasteiger partial charge on any atom is 0.339 e. The molecule has 1 atom stereocenters. The second kappa shape index (κ2) is 12.2. The van der Waals surface area contributed by atoms with Crippen molar-refractivity contribution in [2.24, 2.45) is 0 Å². The van der Waals surface area contributed by atoms with E-state index in [9.17, 15) is 18.0 Å². The minimum atomic E-state index is -4.16. The van der Waals surface area contributed by atoms with Crippen molar-refractivity contribution >= 4 is 38.4 Å². The summed E-state index contributed by atoms with van der Waals surface area (Å²) in [5.74, 6) is -0.897. The molecule has 212 valence electrons. The van der Waals surface area contributed by atoms with Crippen LogP contribution in [0.3, 0.4) is 0 Å². The van der Waals surface area contributed by atoms with Gasteiger partial charge in [-0.3, -0.25) is 9.10 Å². The number of aromatic nitrogens is 1. The summed E-state index contributed by atoms with van der Waals surface area (Å²) >= 11 is 0. The van der Waals surface area contributed by atoms with Crippen LogP contribution in [0.4, 0.5) is 5.69 Å². The minimum Gasteiger partial charge on any atom is -0.495 e. The number of fused-ring (bicyclic) bond motifs is 1. The van der Waals surface area contributed by atoms with Crippen molar-refractivity contribution < 1.29 is 27.5 Å². The van der Waals surface area contributed by atoms with E-state index in [0.717, 1.165) is 9.82 Å². The number of hydrogen-bond acceptors (Lipinski definition) is 6. The number of nitrogens with one attached hydrogen (secondary N) is 1. The molecule has 0 bridgehead atoms. The Bertz CT molecular complexity index is 1860. The fraction of sp³-hybridized carbons (Fsp3) is 0.0909. The van der Waals surface area contributed by atoms with E-state index in [1.807, 2.05) is 24.3 Å². The number of esters is 1. The van der Waals surface area contributed by atoms with E-state index in [0.29, 0.717) is 28.0 Å². The molecule has 8 nitrogen and oxygen atoms in total. The lowest BCUT2D eigenvalue weighted by molar-refractivity contribution is 0.0280. The van der Waals surface area contributed by atoms with Crippen LogP contribution in [0.25, 0.3) is 10.9 Å². The molecule has 42 heavy (non-hydrogen) atoms. The van der Waals surface area contributed by atoms with Crippen LogP contribution in [0.2, 0.25) is 0 Å². The number of hydrogen-bond donors (Lipinski definition) is 1. The van der Waals surface area contributed by atoms with Crippen LogP contribution in [-0.4, -0.2) is 38.8 Å². The molecule has 1 unspecified atom stereocenters. The average Bonchev–Trinajstić information content (AvgIpc) is 3.47. The molecule has 0 saturated heterocycles. The summed E-state index contributed by atoms with van der Waals surface area (Å²) in [7, 11) is -2.71. The number of ketones is 1. The third-order valence-electron chi connectivity index (χ3n) is 6.73. The van der Waals surface area contributed by atoms with E-state index < -0.39 is 27.9 Å². The lowest BCUT2D eigenvalue weighted by atomic mass is 9.99. The summed E-state index contributed by atoms with van der Waals surface area (Å²) in [6, 6.07) is 28.3. The number of nitrogens with zero attached hydrogens (tertiary/aromatic N) is 1. The van der Waals surface area contributed by atoms with Crippen molar-refractivity contribution in [1.29, 1.82) is 0 Å². The van der Waals surface area contributed by atoms with E-state index in [4.69, 9.17) is 9.47 Å². The van der Waals surface area contributed by atoms with Gasteiger partial charge < -0.3 is 14.5 Å². The van der Waals surface area contributed by atoms with Gasteiger partial charge in [0.2, 0.25) is 5.78 Å². The Morgan fingerprint density at radius 1 is 0.929 bits per heavy atom. The van der Waals surface area contributed by atoms with Crippen molar-refractivity contribution in [3.8, 4) is 5.75 Å². The number of aromatic amines is 1. The van der Waals surface area contributed by atoms with E-state index in [2.05, 4.69) is 11.6 Å². The van der Waals surface area contributed by atoms with Crippen LogP contribution in [0.5, 0.6) is 5.75 Å². The molecule has 0 radical (unpaired) electrons. The molecule has 0 amide bonds. The molecule has 5 aromatic rings. The Hall–Kier alpha value is -5.15. The number of anilines is 1. The molecule has 5 rings (SSSR count). The molecule has 9 heteroatoms. The maximum atomic E-state index is 13.8. The first-order valence-electron chi connectivity index (χ1n) is 13.1. The van der Waals surface area contributed by atoms with Crippen molar-refractivity contribution in [2.75, 3.05) is 18.0 Å². The molecular weight excluding hydrogens is 552 g/mol. The second-order valence-electron chi connectivity index (χ2n) is 9.33. The van der Waals surface area contributed by atoms with Crippen molar-refractivity contribution in [3.05, 3.63) is 139 Å². The Morgan fingerprint density at radius 3 is 2.40 bits per heavy atom. The van der Waals surface area contributed by atoms with E-state index >= 15 is 0 Å². The zero-order valence-electron chi connectivity index (χ0n) is 22.8. The van der Waals surface area contributed by atoms with Gasteiger partial charge in [-0.05, 0) is 36.4 Å². The zero-order chi connectivity index (χ0) is 29.7. The van der Waals surface area contributed by atoms with Crippen LogP contribution in [-0.2, 0) is 14.8 Å². The SMILES string of the molecule is C=CCN(c1ccccc1OC)S(=O)(=O)c1cccc(C(=O)OC(C(=O)c2c[nH]c3ccccc23)c2ccccc2)c1. The number of methoxy groups -OCH3 is 1. The van der Waals surface area contributed by atoms with Crippen LogP contribution in [0.1, 0.15) is 32.4 Å². The first-order valence-corrected chi connectivity index (χ1v) is 14.5. The first-order chi connectivity index (χ1) is 20.3. The Balaban J connectivity index is 1.49. The van der Waals surface area contributed by atoms with E-state index in [1.54, 1.807) is 60.8 Å². The average molecular weight is 581 g/mol. The quantitative estimate of drug-likeness (QED) is 0.111. The number of carbonyl (C=O) groups excluding carboxylic acids is 2. The number of H-pyrrole nitrogens is 1. The van der Waals surface area contributed by atoms with Gasteiger partial charge in [0.05, 0.1) is 29.8 Å². The highest BCUT2D eigenvalue weighted by atomic mass is 32.2. The lowest BCUT2D eigenvalue weighted by Gasteiger charge is -2.25. The minimum absolute atomic E-state index is 0.0256. The molecule has 1 N–H and O–H groups in total. The zero-order valence-corrected chi connectivity index (χ0v) is 23.6. The van der Waals surface area contributed by atoms with Gasteiger partial charge in [0.1, 0.15) is 5.75 Å². The number of rotatable bonds is 11. The van der Waals surface area contributed by atoms with Crippen LogP contribution in [0, 0.1) is 0 Å². The van der Waals surface area contributed by atoms with Gasteiger partial charge in [0.25, 0.3) is 10.0 Å². The predicted octanol–water partition coefficient (Wildman–Crippen LogP) is 6.34. The standard InChI is InChI=1S/C33H28N2O6S/c1-3-20-35(29-18-9-10-19-30(29)40-2)42(38,39)25-15-11-14-24(21-25)33(37)41-32(23-12-5-4-6-13-23)31(36)27-22-34-28-17-8-7-16-26(27)28/h3-19,21-22,32,34H,1,20H2,2H3. The summed E-state index contributed by atoms with van der Waals surface area (Å²) in [5, 5.41) is 0.700. The van der Waals surface area contributed by atoms with Crippen molar-refractivity contribution in [3.63, 3.8) is 0 Å². The number of sulfonamides is 1. The molecule has 0 aliphatic rings. The highest BCUT2D eigenvalue weighted by Gasteiger charge is 2.30. The van der Waals surface area contributed by atoms with Crippen molar-refractivity contribution in [2.45, 2.75) is 11.0 Å². The molecule has 0 spiro atoms. The largest absolute Gasteiger partial charge is 0.495 e. The Labute approximate surface area is 243 Å². The fourth-order valence-electron chi connectivity index (χ4n) is 4.68. The topological polar surface area (TPSA) is 106 Å². The third-order valence-corrected chi connectivity index (χ3v) is 8.50. The summed E-state index contributed by atoms with van der Waals surface area (Å²) in [6.07, 6.45) is 1.79. The van der Waals surface area contributed by atoms with Crippen LogP contribution in [0.15, 0.2) is 127 Å². The summed E-state index contributed by atoms with van der Waals surface area (Å²) < 4.78 is 40.0. The highest BCUT2D eigenvalue weighted by Crippen LogP contribution is 2.33. The fourth-order valence-corrected chi connectivity index (χ4v) is 6.17. The number of ether oxygens (including phenoxy) is 2. The van der Waals surface area contributed by atoms with Gasteiger partial charge in [-0.25, -0.2) is 13.2 Å². The Kier molecular flexibility index (Phi) is 8.21. The third kappa shape index (κ3) is 5.55. The molecule has 0 aliphatic heterocycles. The van der Waals surface area contributed by atoms with Gasteiger partial charge in [-0.15, -0.1) is 6.58 Å². The molecular formula is C33H28N2O6S. The second-order valence-corrected chi connectivity index (χ2v) is 11.2. The monoisotopic (exact) mass is 580 g/mol. The number of para-hydroxylation sites is 3. The maximum absolute atomic E-state index is 13.8. The smallest absolute Gasteiger partial charge is 0.339 e. The van der Waals surface area contributed by atoms with E-state index in [1.165, 1.54) is 37.5 Å². The summed E-state index contributed by atoms with van der Waals surface area (Å²) in [4.78, 5) is 30.2. The highest BCUT2D eigenvalue weighted by molar-refractivity contribution is 7.92. The molecule has 0 fully saturated rings. The number of benzene rings is 4. The summed E-state index contributed by atoms with van der Waals surface area (Å²) in [6.45, 7) is 3.66. The van der Waals surface area contributed by atoms with Gasteiger partial charge >= 0.3 is 5.97 Å². The molecule has 0 saturated carbocycles. The van der Waals surface area contributed by atoms with Crippen LogP contribution >= 0.6 is 0 Å². The van der Waals surface area contributed by atoms with Crippen molar-refractivity contribution in [1.82, 2.24) is 4.98 Å². The normalized spacial score (nSPS) is 11.9. The van der Waals surface area contributed by atoms with E-state index in [-0.39, 0.29) is 17.0 Å². The lowest BCUT2D eigenvalue weighted by Crippen LogP contribution is -2.31. The van der Waals surface area contributed by atoms with Gasteiger partial charge in [0.15, 0.2) is 6.10 Å². The summed E-state index contributed by atoms with van der Waals surface area (Å²) in [5.41, 5.74) is 1.93. The molecule has 1 aromatic heterocycles. The number of Topliss-reactive ketones (excluding diaryl/α,β-unsaturated/α-hetero) is 1. The van der Waals surface area contributed by atoms with Gasteiger partial charge in [-0.1, -0.05) is 72.8 Å². The van der Waals surface area contributed by atoms with Gasteiger partial charge in [-0.2, -0.15) is 0 Å². The van der Waals surface area contributed by atoms with Crippen LogP contribution < -0.4 is 9.04 Å². The first kappa shape index (κ1) is 28.4. The molecule has 0 aliphatic carbocycles. The number of carbonyl (C=O) groups is 2. The molecule has 1 heterocycles. The van der Waals surface area contributed by atoms with Gasteiger partial charge in [0, 0.05) is 28.2 Å². The predicted molar refractivity (Wildman–Crippen MR) is 161 cm³/mol. The molecule has 4 aromatic carbocycles. The Morgan fingerprint density at radius 2 is 1.64 bits per heavy atom.